The minimum atomic E-state index is -3.86. The Hall–Kier alpha value is -3.14. The zero-order chi connectivity index (χ0) is 24.4. The summed E-state index contributed by atoms with van der Waals surface area (Å²) in [4.78, 5) is 11.9. The average Bonchev–Trinajstić information content (AvgIpc) is 3.31. The first kappa shape index (κ1) is 22.6. The highest BCUT2D eigenvalue weighted by atomic mass is 35.5. The van der Waals surface area contributed by atoms with Gasteiger partial charge in [0.2, 0.25) is 10.0 Å². The fourth-order valence-electron chi connectivity index (χ4n) is 4.89. The number of fused-ring (bicyclic) bond motifs is 2. The second-order valence-electron chi connectivity index (χ2n) is 8.43. The predicted octanol–water partition coefficient (Wildman–Crippen LogP) is 4.59. The van der Waals surface area contributed by atoms with E-state index in [2.05, 4.69) is 5.16 Å². The molecule has 0 aliphatic carbocycles. The zero-order valence-electron chi connectivity index (χ0n) is 18.7. The highest BCUT2D eigenvalue weighted by molar-refractivity contribution is 7.89. The van der Waals surface area contributed by atoms with Crippen LogP contribution >= 0.6 is 11.6 Å². The van der Waals surface area contributed by atoms with E-state index in [1.54, 1.807) is 60.9 Å². The van der Waals surface area contributed by atoms with E-state index in [4.69, 9.17) is 16.1 Å². The van der Waals surface area contributed by atoms with Gasteiger partial charge in [0.1, 0.15) is 12.3 Å². The molecule has 1 aliphatic rings. The lowest BCUT2D eigenvalue weighted by molar-refractivity contribution is -0.137. The quantitative estimate of drug-likeness (QED) is 0.430. The molecule has 2 aromatic heterocycles. The van der Waals surface area contributed by atoms with Gasteiger partial charge >= 0.3 is 5.97 Å². The van der Waals surface area contributed by atoms with Crippen molar-refractivity contribution in [2.24, 2.45) is 0 Å². The number of aliphatic carboxylic acids is 1. The molecule has 1 unspecified atom stereocenters. The number of aryl methyl sites for hydroxylation is 2. The number of nitrogens with zero attached hydrogens (tertiary/aromatic N) is 3. The third kappa shape index (κ3) is 3.34. The lowest BCUT2D eigenvalue weighted by Gasteiger charge is -2.24. The van der Waals surface area contributed by atoms with Gasteiger partial charge in [-0.3, -0.25) is 4.79 Å². The molecule has 8 nitrogen and oxygen atoms in total. The summed E-state index contributed by atoms with van der Waals surface area (Å²) in [5.74, 6) is -0.441. The van der Waals surface area contributed by atoms with Crippen LogP contribution in [0.5, 0.6) is 0 Å². The van der Waals surface area contributed by atoms with Gasteiger partial charge in [0.25, 0.3) is 0 Å². The first-order valence-corrected chi connectivity index (χ1v) is 12.5. The number of aromatic nitrogens is 2. The Morgan fingerprint density at radius 1 is 1.18 bits per heavy atom. The molecule has 0 saturated heterocycles. The Balaban J connectivity index is 1.81. The number of carboxylic acids is 1. The third-order valence-electron chi connectivity index (χ3n) is 6.48. The van der Waals surface area contributed by atoms with Gasteiger partial charge in [-0.1, -0.05) is 35.0 Å². The van der Waals surface area contributed by atoms with Gasteiger partial charge in [-0.15, -0.1) is 0 Å². The smallest absolute Gasteiger partial charge is 0.323 e. The summed E-state index contributed by atoms with van der Waals surface area (Å²) in [7, 11) is -3.86. The molecule has 10 heteroatoms. The van der Waals surface area contributed by atoms with Crippen molar-refractivity contribution < 1.29 is 22.8 Å². The Kier molecular flexibility index (Phi) is 5.31. The van der Waals surface area contributed by atoms with E-state index >= 15 is 0 Å². The minimum Gasteiger partial charge on any atom is -0.480 e. The number of sulfonamides is 1. The minimum absolute atomic E-state index is 0.0639. The third-order valence-corrected chi connectivity index (χ3v) is 8.60. The average molecular weight is 500 g/mol. The summed E-state index contributed by atoms with van der Waals surface area (Å²) in [6.45, 7) is 5.15. The van der Waals surface area contributed by atoms with E-state index < -0.39 is 22.0 Å². The zero-order valence-corrected chi connectivity index (χ0v) is 20.3. The SMILES string of the molecule is Cc1noc(C)c1CN1C(c2c(C)n(CC(=O)O)c3ccc(Cl)cc23)c2ccccc2S1(=O)=O. The number of carboxylic acid groups (broad SMARTS) is 1. The molecule has 5 rings (SSSR count). The number of halogens is 1. The number of hydrogen-bond donors (Lipinski definition) is 1. The molecular formula is C24H22ClN3O5S. The summed E-state index contributed by atoms with van der Waals surface area (Å²) < 4.78 is 35.9. The normalized spacial score (nSPS) is 17.4. The molecule has 1 aliphatic heterocycles. The summed E-state index contributed by atoms with van der Waals surface area (Å²) >= 11 is 6.34. The Bertz CT molecular complexity index is 1550. The second kappa shape index (κ2) is 7.97. The number of hydrogen-bond acceptors (Lipinski definition) is 5. The number of benzene rings is 2. The maximum absolute atomic E-state index is 13.8. The van der Waals surface area contributed by atoms with Crippen LogP contribution in [0.2, 0.25) is 5.02 Å². The maximum atomic E-state index is 13.8. The highest BCUT2D eigenvalue weighted by Gasteiger charge is 2.45. The van der Waals surface area contributed by atoms with Crippen LogP contribution in [0.1, 0.15) is 39.9 Å². The largest absolute Gasteiger partial charge is 0.480 e. The van der Waals surface area contributed by atoms with Crippen LogP contribution < -0.4 is 0 Å². The summed E-state index contributed by atoms with van der Waals surface area (Å²) in [6.07, 6.45) is 0. The van der Waals surface area contributed by atoms with Crippen LogP contribution in [0, 0.1) is 20.8 Å². The fraction of sp³-hybridized carbons (Fsp3) is 0.250. The van der Waals surface area contributed by atoms with Gasteiger partial charge in [0, 0.05) is 39.3 Å². The molecule has 0 bridgehead atoms. The molecular weight excluding hydrogens is 478 g/mol. The van der Waals surface area contributed by atoms with E-state index in [-0.39, 0.29) is 18.0 Å². The van der Waals surface area contributed by atoms with E-state index in [9.17, 15) is 18.3 Å². The molecule has 1 N–H and O–H groups in total. The van der Waals surface area contributed by atoms with Gasteiger partial charge in [0.05, 0.1) is 16.6 Å². The van der Waals surface area contributed by atoms with Gasteiger partial charge in [0.15, 0.2) is 0 Å². The lowest BCUT2D eigenvalue weighted by Crippen LogP contribution is -2.29. The van der Waals surface area contributed by atoms with Crippen molar-refractivity contribution in [3.05, 3.63) is 81.3 Å². The van der Waals surface area contributed by atoms with Crippen molar-refractivity contribution in [3.8, 4) is 0 Å². The van der Waals surface area contributed by atoms with Crippen LogP contribution in [0.4, 0.5) is 0 Å². The van der Waals surface area contributed by atoms with Crippen LogP contribution in [-0.2, 0) is 27.9 Å². The number of carbonyl (C=O) groups is 1. The molecule has 0 saturated carbocycles. The first-order chi connectivity index (χ1) is 16.1. The summed E-state index contributed by atoms with van der Waals surface area (Å²) in [6, 6.07) is 11.5. The summed E-state index contributed by atoms with van der Waals surface area (Å²) in [5.41, 5.74) is 4.01. The monoisotopic (exact) mass is 499 g/mol. The van der Waals surface area contributed by atoms with Gasteiger partial charge in [-0.05, 0) is 50.6 Å². The van der Waals surface area contributed by atoms with Crippen molar-refractivity contribution in [2.75, 3.05) is 0 Å². The molecule has 4 aromatic rings. The van der Waals surface area contributed by atoms with E-state index in [0.717, 1.165) is 0 Å². The van der Waals surface area contributed by atoms with Crippen molar-refractivity contribution in [2.45, 2.75) is 44.8 Å². The topological polar surface area (TPSA) is 106 Å². The van der Waals surface area contributed by atoms with Crippen LogP contribution in [-0.4, -0.2) is 33.5 Å². The Morgan fingerprint density at radius 3 is 2.59 bits per heavy atom. The van der Waals surface area contributed by atoms with Crippen molar-refractivity contribution in [3.63, 3.8) is 0 Å². The maximum Gasteiger partial charge on any atom is 0.323 e. The summed E-state index contributed by atoms with van der Waals surface area (Å²) in [5, 5.41) is 14.7. The van der Waals surface area contributed by atoms with Crippen molar-refractivity contribution >= 4 is 38.5 Å². The first-order valence-electron chi connectivity index (χ1n) is 10.6. The molecule has 0 radical (unpaired) electrons. The molecule has 0 amide bonds. The standard InChI is InChI=1S/C24H22ClN3O5S/c1-13-19(15(3)33-26-13)11-28-24(17-6-4-5-7-21(17)34(28,31)32)23-14(2)27(12-22(29)30)20-9-8-16(25)10-18(20)23/h4-10,24H,11-12H2,1-3H3,(H,29,30). The van der Waals surface area contributed by atoms with Gasteiger partial charge in [-0.2, -0.15) is 4.31 Å². The second-order valence-corrected chi connectivity index (χ2v) is 10.7. The Morgan fingerprint density at radius 2 is 1.91 bits per heavy atom. The van der Waals surface area contributed by atoms with Crippen LogP contribution in [0.3, 0.4) is 0 Å². The van der Waals surface area contributed by atoms with Crippen LogP contribution in [0.15, 0.2) is 51.9 Å². The molecule has 176 valence electrons. The number of rotatable bonds is 5. The molecule has 3 heterocycles. The van der Waals surface area contributed by atoms with E-state index in [0.29, 0.717) is 49.8 Å². The predicted molar refractivity (Wildman–Crippen MR) is 126 cm³/mol. The van der Waals surface area contributed by atoms with Crippen molar-refractivity contribution in [1.29, 1.82) is 0 Å². The van der Waals surface area contributed by atoms with Gasteiger partial charge in [-0.25, -0.2) is 8.42 Å². The molecule has 2 aromatic carbocycles. The van der Waals surface area contributed by atoms with Gasteiger partial charge < -0.3 is 14.2 Å². The molecule has 1 atom stereocenters. The van der Waals surface area contributed by atoms with E-state index in [1.165, 1.54) is 4.31 Å². The highest BCUT2D eigenvalue weighted by Crippen LogP contribution is 2.48. The fourth-order valence-corrected chi connectivity index (χ4v) is 6.83. The molecule has 34 heavy (non-hydrogen) atoms. The Labute approximate surface area is 201 Å². The van der Waals surface area contributed by atoms with E-state index in [1.807, 2.05) is 6.92 Å². The van der Waals surface area contributed by atoms with Crippen LogP contribution in [0.25, 0.3) is 10.9 Å². The van der Waals surface area contributed by atoms with Crippen molar-refractivity contribution in [1.82, 2.24) is 14.0 Å². The molecule has 0 fully saturated rings. The molecule has 0 spiro atoms. The lowest BCUT2D eigenvalue weighted by atomic mass is 9.95.